The Hall–Kier alpha value is -2.80. The number of carbonyl (C=O) groups excluding carboxylic acids is 2. The van der Waals surface area contributed by atoms with E-state index in [2.05, 4.69) is 12.2 Å². The number of hydrogen-bond acceptors (Lipinski definition) is 3. The van der Waals surface area contributed by atoms with E-state index in [1.165, 1.54) is 0 Å². The van der Waals surface area contributed by atoms with Crippen molar-refractivity contribution in [3.63, 3.8) is 0 Å². The molecule has 7 nitrogen and oxygen atoms in total. The molecule has 33 heavy (non-hydrogen) atoms. The molecule has 3 amide bonds. The second-order valence-electron chi connectivity index (χ2n) is 8.45. The average molecular weight is 457 g/mol. The van der Waals surface area contributed by atoms with E-state index in [4.69, 9.17) is 4.74 Å². The van der Waals surface area contributed by atoms with Crippen molar-refractivity contribution in [2.45, 2.75) is 53.5 Å². The summed E-state index contributed by atoms with van der Waals surface area (Å²) >= 11 is 0. The predicted molar refractivity (Wildman–Crippen MR) is 133 cm³/mol. The van der Waals surface area contributed by atoms with Crippen molar-refractivity contribution >= 4 is 17.6 Å². The summed E-state index contributed by atoms with van der Waals surface area (Å²) in [6.45, 7) is 10.9. The third-order valence-electron chi connectivity index (χ3n) is 5.79. The van der Waals surface area contributed by atoms with E-state index in [0.717, 1.165) is 35.3 Å². The lowest BCUT2D eigenvalue weighted by atomic mass is 10.1. The first-order valence-electron chi connectivity index (χ1n) is 11.9. The molecule has 0 aliphatic carbocycles. The molecule has 1 aromatic carbocycles. The summed E-state index contributed by atoms with van der Waals surface area (Å²) in [5.41, 5.74) is 3.87. The van der Waals surface area contributed by atoms with Crippen LogP contribution in [0.3, 0.4) is 0 Å². The van der Waals surface area contributed by atoms with Gasteiger partial charge < -0.3 is 24.4 Å². The number of hydrogen-bond donors (Lipinski definition) is 1. The number of nitrogens with one attached hydrogen (secondary N) is 1. The van der Waals surface area contributed by atoms with Gasteiger partial charge in [-0.25, -0.2) is 4.79 Å². The summed E-state index contributed by atoms with van der Waals surface area (Å²) in [6, 6.07) is 9.67. The van der Waals surface area contributed by atoms with E-state index in [1.807, 2.05) is 73.8 Å². The van der Waals surface area contributed by atoms with Gasteiger partial charge in [-0.3, -0.25) is 4.79 Å². The predicted octanol–water partition coefficient (Wildman–Crippen LogP) is 4.73. The van der Waals surface area contributed by atoms with Gasteiger partial charge in [0.1, 0.15) is 6.54 Å². The maximum atomic E-state index is 13.3. The topological polar surface area (TPSA) is 66.8 Å². The van der Waals surface area contributed by atoms with Crippen LogP contribution in [0.25, 0.3) is 0 Å². The number of unbranched alkanes of at least 4 members (excludes halogenated alkanes) is 1. The Morgan fingerprint density at radius 1 is 1.00 bits per heavy atom. The molecule has 0 unspecified atom stereocenters. The third kappa shape index (κ3) is 8.24. The highest BCUT2D eigenvalue weighted by molar-refractivity contribution is 5.93. The van der Waals surface area contributed by atoms with Gasteiger partial charge in [0.05, 0.1) is 6.54 Å². The zero-order chi connectivity index (χ0) is 24.2. The Morgan fingerprint density at radius 3 is 2.30 bits per heavy atom. The van der Waals surface area contributed by atoms with E-state index < -0.39 is 0 Å². The minimum Gasteiger partial charge on any atom is -0.382 e. The standard InChI is InChI=1S/C26H40N4O3/c1-6-8-16-29(19-23-14-10-15-28(23)5)24(31)20-30(17-11-18-33-7-2)26(32)27-25-21(3)12-9-13-22(25)4/h9-10,12-15H,6-8,11,16-20H2,1-5H3,(H,27,32). The molecule has 182 valence electrons. The minimum atomic E-state index is -0.258. The summed E-state index contributed by atoms with van der Waals surface area (Å²) in [7, 11) is 1.98. The maximum absolute atomic E-state index is 13.3. The molecule has 0 saturated heterocycles. The molecule has 0 bridgehead atoms. The monoisotopic (exact) mass is 456 g/mol. The highest BCUT2D eigenvalue weighted by Gasteiger charge is 2.22. The molecule has 0 aliphatic heterocycles. The zero-order valence-corrected chi connectivity index (χ0v) is 20.9. The molecule has 2 rings (SSSR count). The number of ether oxygens (including phenoxy) is 1. The van der Waals surface area contributed by atoms with Crippen LogP contribution in [0.5, 0.6) is 0 Å². The Labute approximate surface area is 198 Å². The molecular weight excluding hydrogens is 416 g/mol. The van der Waals surface area contributed by atoms with Crippen LogP contribution in [0.1, 0.15) is 49.9 Å². The molecule has 0 spiro atoms. The van der Waals surface area contributed by atoms with Crippen LogP contribution in [0, 0.1) is 13.8 Å². The smallest absolute Gasteiger partial charge is 0.322 e. The van der Waals surface area contributed by atoms with Crippen LogP contribution >= 0.6 is 0 Å². The van der Waals surface area contributed by atoms with Crippen molar-refractivity contribution in [1.29, 1.82) is 0 Å². The van der Waals surface area contributed by atoms with Crippen LogP contribution in [0.4, 0.5) is 10.5 Å². The number of aryl methyl sites for hydroxylation is 3. The number of para-hydroxylation sites is 1. The summed E-state index contributed by atoms with van der Waals surface area (Å²) in [5, 5.41) is 3.03. The first-order valence-corrected chi connectivity index (χ1v) is 11.9. The highest BCUT2D eigenvalue weighted by atomic mass is 16.5. The van der Waals surface area contributed by atoms with Gasteiger partial charge in [-0.15, -0.1) is 0 Å². The summed E-state index contributed by atoms with van der Waals surface area (Å²) in [5.74, 6) is -0.0438. The lowest BCUT2D eigenvalue weighted by Gasteiger charge is -2.28. The van der Waals surface area contributed by atoms with Gasteiger partial charge in [-0.2, -0.15) is 0 Å². The van der Waals surface area contributed by atoms with Crippen molar-refractivity contribution in [3.8, 4) is 0 Å². The van der Waals surface area contributed by atoms with Crippen molar-refractivity contribution in [1.82, 2.24) is 14.4 Å². The second kappa shape index (κ2) is 13.7. The Kier molecular flexibility index (Phi) is 11.0. The largest absolute Gasteiger partial charge is 0.382 e. The van der Waals surface area contributed by atoms with E-state index in [1.54, 1.807) is 4.90 Å². The van der Waals surface area contributed by atoms with Crippen molar-refractivity contribution < 1.29 is 14.3 Å². The second-order valence-corrected chi connectivity index (χ2v) is 8.45. The van der Waals surface area contributed by atoms with Gasteiger partial charge in [0.15, 0.2) is 0 Å². The quantitative estimate of drug-likeness (QED) is 0.443. The van der Waals surface area contributed by atoms with Gasteiger partial charge in [0, 0.05) is 50.9 Å². The molecule has 0 atom stereocenters. The number of nitrogens with zero attached hydrogens (tertiary/aromatic N) is 3. The summed E-state index contributed by atoms with van der Waals surface area (Å²) in [4.78, 5) is 30.0. The number of amides is 3. The molecule has 2 aromatic rings. The Bertz CT molecular complexity index is 873. The molecule has 0 fully saturated rings. The van der Waals surface area contributed by atoms with Crippen LogP contribution in [-0.4, -0.2) is 59.2 Å². The molecular formula is C26H40N4O3. The lowest BCUT2D eigenvalue weighted by Crippen LogP contribution is -2.45. The SMILES string of the molecule is CCCCN(Cc1cccn1C)C(=O)CN(CCCOCC)C(=O)Nc1c(C)cccc1C. The number of benzene rings is 1. The average Bonchev–Trinajstić information content (AvgIpc) is 3.19. The van der Waals surface area contributed by atoms with E-state index >= 15 is 0 Å². The fourth-order valence-corrected chi connectivity index (χ4v) is 3.71. The molecule has 0 aliphatic rings. The maximum Gasteiger partial charge on any atom is 0.322 e. The fourth-order valence-electron chi connectivity index (χ4n) is 3.71. The van der Waals surface area contributed by atoms with Gasteiger partial charge >= 0.3 is 6.03 Å². The van der Waals surface area contributed by atoms with Gasteiger partial charge in [-0.1, -0.05) is 31.5 Å². The molecule has 7 heteroatoms. The van der Waals surface area contributed by atoms with Crippen molar-refractivity contribution in [2.24, 2.45) is 7.05 Å². The zero-order valence-electron chi connectivity index (χ0n) is 20.9. The van der Waals surface area contributed by atoms with Gasteiger partial charge in [-0.05, 0) is 56.9 Å². The van der Waals surface area contributed by atoms with Crippen molar-refractivity contribution in [2.75, 3.05) is 38.2 Å². The number of anilines is 1. The lowest BCUT2D eigenvalue weighted by molar-refractivity contribution is -0.132. The number of urea groups is 1. The number of rotatable bonds is 13. The Balaban J connectivity index is 2.15. The molecule has 0 radical (unpaired) electrons. The first kappa shape index (κ1) is 26.5. The normalized spacial score (nSPS) is 10.8. The fraction of sp³-hybridized carbons (Fsp3) is 0.538. The van der Waals surface area contributed by atoms with Gasteiger partial charge in [0.2, 0.25) is 5.91 Å². The van der Waals surface area contributed by atoms with E-state index in [9.17, 15) is 9.59 Å². The number of carbonyl (C=O) groups is 2. The molecule has 0 saturated carbocycles. The molecule has 1 aromatic heterocycles. The van der Waals surface area contributed by atoms with Crippen molar-refractivity contribution in [3.05, 3.63) is 53.3 Å². The van der Waals surface area contributed by atoms with Crippen LogP contribution in [-0.2, 0) is 23.1 Å². The van der Waals surface area contributed by atoms with E-state index in [-0.39, 0.29) is 18.5 Å². The van der Waals surface area contributed by atoms with E-state index in [0.29, 0.717) is 39.3 Å². The molecule has 1 N–H and O–H groups in total. The number of aromatic nitrogens is 1. The van der Waals surface area contributed by atoms with Crippen LogP contribution in [0.15, 0.2) is 36.5 Å². The van der Waals surface area contributed by atoms with Crippen LogP contribution < -0.4 is 5.32 Å². The third-order valence-corrected chi connectivity index (χ3v) is 5.79. The Morgan fingerprint density at radius 2 is 1.70 bits per heavy atom. The van der Waals surface area contributed by atoms with Crippen LogP contribution in [0.2, 0.25) is 0 Å². The minimum absolute atomic E-state index is 0.0387. The first-order chi connectivity index (χ1) is 15.9. The van der Waals surface area contributed by atoms with Gasteiger partial charge in [0.25, 0.3) is 0 Å². The summed E-state index contributed by atoms with van der Waals surface area (Å²) < 4.78 is 7.48. The summed E-state index contributed by atoms with van der Waals surface area (Å²) in [6.07, 6.45) is 4.58. The highest BCUT2D eigenvalue weighted by Crippen LogP contribution is 2.20. The molecule has 1 heterocycles.